The molecule has 1 fully saturated rings. The van der Waals surface area contributed by atoms with Crippen LogP contribution in [0.25, 0.3) is 11.8 Å². The van der Waals surface area contributed by atoms with Gasteiger partial charge in [-0.25, -0.2) is 4.79 Å². The molecule has 0 bridgehead atoms. The Hall–Kier alpha value is -4.07. The van der Waals surface area contributed by atoms with Crippen molar-refractivity contribution in [2.75, 3.05) is 7.11 Å². The van der Waals surface area contributed by atoms with Crippen molar-refractivity contribution in [3.05, 3.63) is 77.0 Å². The third-order valence-corrected chi connectivity index (χ3v) is 5.18. The first-order valence-electron chi connectivity index (χ1n) is 9.63. The maximum absolute atomic E-state index is 12.9. The number of imide groups is 2. The van der Waals surface area contributed by atoms with Crippen molar-refractivity contribution in [3.63, 3.8) is 0 Å². The van der Waals surface area contributed by atoms with Gasteiger partial charge in [0.15, 0.2) is 0 Å². The fraction of sp³-hybridized carbons (Fsp3) is 0.174. The van der Waals surface area contributed by atoms with Crippen LogP contribution in [0.1, 0.15) is 22.7 Å². The highest BCUT2D eigenvalue weighted by Crippen LogP contribution is 2.25. The number of hydrogen-bond acceptors (Lipinski definition) is 5. The van der Waals surface area contributed by atoms with Crippen LogP contribution in [0.3, 0.4) is 0 Å². The molecule has 31 heavy (non-hydrogen) atoms. The van der Waals surface area contributed by atoms with Gasteiger partial charge in [-0.05, 0) is 68.0 Å². The van der Waals surface area contributed by atoms with Gasteiger partial charge >= 0.3 is 6.03 Å². The summed E-state index contributed by atoms with van der Waals surface area (Å²) in [6.07, 6.45) is 2.97. The van der Waals surface area contributed by atoms with Crippen molar-refractivity contribution in [1.82, 2.24) is 14.8 Å². The number of methoxy groups -OCH3 is 1. The number of aryl methyl sites for hydroxylation is 1. The average molecular weight is 419 g/mol. The Labute approximate surface area is 178 Å². The van der Waals surface area contributed by atoms with Gasteiger partial charge < -0.3 is 13.7 Å². The molecule has 3 aromatic rings. The first-order chi connectivity index (χ1) is 14.9. The smallest absolute Gasteiger partial charge is 0.331 e. The molecule has 1 aliphatic heterocycles. The van der Waals surface area contributed by atoms with E-state index in [4.69, 9.17) is 9.15 Å². The summed E-state index contributed by atoms with van der Waals surface area (Å²) < 4.78 is 12.5. The Morgan fingerprint density at radius 3 is 2.48 bits per heavy atom. The molecule has 4 amide bonds. The highest BCUT2D eigenvalue weighted by atomic mass is 16.5. The molecule has 0 atom stereocenters. The largest absolute Gasteiger partial charge is 0.497 e. The van der Waals surface area contributed by atoms with Crippen molar-refractivity contribution < 1.29 is 23.5 Å². The van der Waals surface area contributed by atoms with E-state index in [9.17, 15) is 14.4 Å². The van der Waals surface area contributed by atoms with E-state index < -0.39 is 17.8 Å². The molecule has 0 radical (unpaired) electrons. The van der Waals surface area contributed by atoms with Gasteiger partial charge in [-0.3, -0.25) is 19.8 Å². The van der Waals surface area contributed by atoms with E-state index in [2.05, 4.69) is 5.32 Å². The van der Waals surface area contributed by atoms with Gasteiger partial charge in [-0.1, -0.05) is 0 Å². The van der Waals surface area contributed by atoms with Crippen LogP contribution in [0.5, 0.6) is 5.75 Å². The van der Waals surface area contributed by atoms with E-state index in [1.54, 1.807) is 19.2 Å². The van der Waals surface area contributed by atoms with E-state index in [1.807, 2.05) is 48.7 Å². The highest BCUT2D eigenvalue weighted by molar-refractivity contribution is 6.31. The molecule has 1 aromatic carbocycles. The van der Waals surface area contributed by atoms with Crippen LogP contribution in [0.4, 0.5) is 4.79 Å². The molecular formula is C23H21N3O5. The first-order valence-corrected chi connectivity index (χ1v) is 9.63. The second kappa shape index (κ2) is 7.98. The Morgan fingerprint density at radius 2 is 1.84 bits per heavy atom. The number of hydrogen-bond donors (Lipinski definition) is 1. The van der Waals surface area contributed by atoms with Crippen molar-refractivity contribution in [1.29, 1.82) is 0 Å². The van der Waals surface area contributed by atoms with Gasteiger partial charge in [-0.15, -0.1) is 0 Å². The number of amides is 4. The number of nitrogens with one attached hydrogen (secondary N) is 1. The molecule has 2 aromatic heterocycles. The summed E-state index contributed by atoms with van der Waals surface area (Å²) in [7, 11) is 1.61. The zero-order valence-corrected chi connectivity index (χ0v) is 17.3. The van der Waals surface area contributed by atoms with E-state index in [-0.39, 0.29) is 12.1 Å². The summed E-state index contributed by atoms with van der Waals surface area (Å²) in [5.41, 5.74) is 3.31. The Bertz CT molecular complexity index is 1190. The van der Waals surface area contributed by atoms with Crippen LogP contribution >= 0.6 is 0 Å². The Morgan fingerprint density at radius 1 is 1.10 bits per heavy atom. The van der Waals surface area contributed by atoms with Gasteiger partial charge in [0.2, 0.25) is 0 Å². The van der Waals surface area contributed by atoms with Crippen molar-refractivity contribution in [3.8, 4) is 11.4 Å². The lowest BCUT2D eigenvalue weighted by Gasteiger charge is -2.25. The lowest BCUT2D eigenvalue weighted by molar-refractivity contribution is -0.130. The number of aromatic nitrogens is 1. The standard InChI is InChI=1S/C23H21N3O5/c1-14-11-16(15(2)26(14)17-6-8-18(30-3)9-7-17)12-20-21(27)24-23(29)25(22(20)28)13-19-5-4-10-31-19/h4-12H,13H2,1-3H3,(H,24,27,29)/b20-12+. The molecule has 1 saturated heterocycles. The molecule has 8 nitrogen and oxygen atoms in total. The van der Waals surface area contributed by atoms with E-state index >= 15 is 0 Å². The minimum absolute atomic E-state index is 0.0623. The van der Waals surface area contributed by atoms with Crippen LogP contribution in [0, 0.1) is 13.8 Å². The Kier molecular flexibility index (Phi) is 5.21. The minimum atomic E-state index is -0.771. The molecule has 4 rings (SSSR count). The number of barbiturate groups is 1. The quantitative estimate of drug-likeness (QED) is 0.506. The van der Waals surface area contributed by atoms with Gasteiger partial charge in [0, 0.05) is 17.1 Å². The lowest BCUT2D eigenvalue weighted by Crippen LogP contribution is -2.53. The second-order valence-electron chi connectivity index (χ2n) is 7.15. The summed E-state index contributed by atoms with van der Waals surface area (Å²) in [5, 5.41) is 2.22. The average Bonchev–Trinajstić information content (AvgIpc) is 3.36. The van der Waals surface area contributed by atoms with Crippen LogP contribution in [0.2, 0.25) is 0 Å². The molecule has 0 saturated carbocycles. The van der Waals surface area contributed by atoms with E-state index in [1.165, 1.54) is 12.3 Å². The number of ether oxygens (including phenoxy) is 1. The number of carbonyl (C=O) groups excluding carboxylic acids is 3. The predicted molar refractivity (Wildman–Crippen MR) is 113 cm³/mol. The van der Waals surface area contributed by atoms with E-state index in [0.29, 0.717) is 11.3 Å². The summed E-state index contributed by atoms with van der Waals surface area (Å²) in [6, 6.07) is 12.0. The van der Waals surface area contributed by atoms with Crippen molar-refractivity contribution >= 4 is 23.9 Å². The Balaban J connectivity index is 1.69. The molecule has 1 N–H and O–H groups in total. The van der Waals surface area contributed by atoms with Gasteiger partial charge in [0.05, 0.1) is 19.9 Å². The number of rotatable bonds is 5. The third-order valence-electron chi connectivity index (χ3n) is 5.18. The molecule has 0 unspecified atom stereocenters. The number of urea groups is 1. The predicted octanol–water partition coefficient (Wildman–Crippen LogP) is 3.36. The molecule has 158 valence electrons. The minimum Gasteiger partial charge on any atom is -0.497 e. The maximum Gasteiger partial charge on any atom is 0.331 e. The van der Waals surface area contributed by atoms with Gasteiger partial charge in [0.25, 0.3) is 11.8 Å². The fourth-order valence-electron chi connectivity index (χ4n) is 3.61. The summed E-state index contributed by atoms with van der Waals surface area (Å²) >= 11 is 0. The van der Waals surface area contributed by atoms with Crippen LogP contribution in [-0.2, 0) is 16.1 Å². The fourth-order valence-corrected chi connectivity index (χ4v) is 3.61. The van der Waals surface area contributed by atoms with Gasteiger partial charge in [0.1, 0.15) is 17.1 Å². The monoisotopic (exact) mass is 419 g/mol. The number of nitrogens with zero attached hydrogens (tertiary/aromatic N) is 2. The maximum atomic E-state index is 12.9. The lowest BCUT2D eigenvalue weighted by atomic mass is 10.1. The highest BCUT2D eigenvalue weighted by Gasteiger charge is 2.36. The van der Waals surface area contributed by atoms with E-state index in [0.717, 1.165) is 27.7 Å². The molecular weight excluding hydrogens is 398 g/mol. The van der Waals surface area contributed by atoms with Crippen LogP contribution in [-0.4, -0.2) is 34.4 Å². The number of benzene rings is 1. The zero-order valence-electron chi connectivity index (χ0n) is 17.3. The third kappa shape index (κ3) is 3.75. The summed E-state index contributed by atoms with van der Waals surface area (Å²) in [6.45, 7) is 3.78. The molecule has 0 spiro atoms. The van der Waals surface area contributed by atoms with Crippen LogP contribution in [0.15, 0.2) is 58.7 Å². The molecule has 1 aliphatic rings. The van der Waals surface area contributed by atoms with Crippen molar-refractivity contribution in [2.24, 2.45) is 0 Å². The molecule has 8 heteroatoms. The normalized spacial score (nSPS) is 15.5. The topological polar surface area (TPSA) is 93.8 Å². The second-order valence-corrected chi connectivity index (χ2v) is 7.15. The zero-order chi connectivity index (χ0) is 22.1. The summed E-state index contributed by atoms with van der Waals surface area (Å²) in [5.74, 6) is -0.200. The van der Waals surface area contributed by atoms with Gasteiger partial charge in [-0.2, -0.15) is 0 Å². The number of carbonyl (C=O) groups is 3. The number of furan rings is 1. The summed E-state index contributed by atoms with van der Waals surface area (Å²) in [4.78, 5) is 38.5. The first kappa shape index (κ1) is 20.2. The molecule has 0 aliphatic carbocycles. The van der Waals surface area contributed by atoms with Crippen molar-refractivity contribution in [2.45, 2.75) is 20.4 Å². The van der Waals surface area contributed by atoms with Crippen LogP contribution < -0.4 is 10.1 Å². The SMILES string of the molecule is COc1ccc(-n2c(C)cc(/C=C3\C(=O)NC(=O)N(Cc4ccco4)C3=O)c2C)cc1. The molecule has 3 heterocycles.